The van der Waals surface area contributed by atoms with Crippen molar-refractivity contribution < 1.29 is 14.4 Å². The Morgan fingerprint density at radius 3 is 1.96 bits per heavy atom. The zero-order chi connectivity index (χ0) is 16.7. The molecule has 122 valence electrons. The number of nitrogens with zero attached hydrogens (tertiary/aromatic N) is 1. The summed E-state index contributed by atoms with van der Waals surface area (Å²) in [4.78, 5) is 17.7. The van der Waals surface area contributed by atoms with Crippen molar-refractivity contribution in [2.24, 2.45) is 0 Å². The van der Waals surface area contributed by atoms with E-state index in [9.17, 15) is 4.79 Å². The molecule has 0 spiro atoms. The molecule has 0 saturated carbocycles. The molecule has 4 nitrogen and oxygen atoms in total. The highest BCUT2D eigenvalue weighted by atomic mass is 16.7. The summed E-state index contributed by atoms with van der Waals surface area (Å²) in [6.45, 7) is 6.84. The minimum Gasteiger partial charge on any atom is -0.448 e. The van der Waals surface area contributed by atoms with Gasteiger partial charge in [-0.25, -0.2) is 4.79 Å². The van der Waals surface area contributed by atoms with Crippen molar-refractivity contribution in [2.45, 2.75) is 33.9 Å². The van der Waals surface area contributed by atoms with Gasteiger partial charge >= 0.3 is 6.09 Å². The smallest absolute Gasteiger partial charge is 0.434 e. The predicted molar refractivity (Wildman–Crippen MR) is 89.7 cm³/mol. The summed E-state index contributed by atoms with van der Waals surface area (Å²) >= 11 is 0. The molecule has 2 rings (SSSR count). The summed E-state index contributed by atoms with van der Waals surface area (Å²) in [6.07, 6.45) is -0.472. The highest BCUT2D eigenvalue weighted by Crippen LogP contribution is 2.12. The van der Waals surface area contributed by atoms with Crippen molar-refractivity contribution >= 4 is 6.09 Å². The number of hydrogen-bond donors (Lipinski definition) is 0. The van der Waals surface area contributed by atoms with E-state index in [4.69, 9.17) is 9.57 Å². The molecule has 0 unspecified atom stereocenters. The summed E-state index contributed by atoms with van der Waals surface area (Å²) in [7, 11) is 0. The quantitative estimate of drug-likeness (QED) is 0.742. The summed E-state index contributed by atoms with van der Waals surface area (Å²) < 4.78 is 5.07. The van der Waals surface area contributed by atoms with Gasteiger partial charge in [0, 0.05) is 0 Å². The van der Waals surface area contributed by atoms with Gasteiger partial charge in [-0.3, -0.25) is 4.84 Å². The fourth-order valence-electron chi connectivity index (χ4n) is 2.05. The molecule has 23 heavy (non-hydrogen) atoms. The topological polar surface area (TPSA) is 38.8 Å². The molecule has 2 aromatic rings. The lowest BCUT2D eigenvalue weighted by Gasteiger charge is -2.21. The van der Waals surface area contributed by atoms with Crippen molar-refractivity contribution in [3.05, 3.63) is 70.8 Å². The van der Waals surface area contributed by atoms with Crippen LogP contribution in [0.4, 0.5) is 4.79 Å². The third-order valence-electron chi connectivity index (χ3n) is 3.43. The number of ether oxygens (including phenoxy) is 1. The van der Waals surface area contributed by atoms with Crippen molar-refractivity contribution in [1.29, 1.82) is 0 Å². The normalized spacial score (nSPS) is 10.4. The third kappa shape index (κ3) is 5.42. The van der Waals surface area contributed by atoms with E-state index in [1.165, 1.54) is 16.2 Å². The van der Waals surface area contributed by atoms with Gasteiger partial charge in [-0.15, -0.1) is 0 Å². The molecule has 2 aromatic carbocycles. The molecule has 1 amide bonds. The van der Waals surface area contributed by atoms with E-state index in [0.717, 1.165) is 11.1 Å². The average molecular weight is 313 g/mol. The first-order valence-corrected chi connectivity index (χ1v) is 7.76. The van der Waals surface area contributed by atoms with E-state index in [2.05, 4.69) is 0 Å². The van der Waals surface area contributed by atoms with Gasteiger partial charge in [-0.05, 0) is 31.9 Å². The van der Waals surface area contributed by atoms with Gasteiger partial charge in [-0.1, -0.05) is 59.7 Å². The zero-order valence-corrected chi connectivity index (χ0v) is 13.9. The van der Waals surface area contributed by atoms with E-state index in [0.29, 0.717) is 19.8 Å². The third-order valence-corrected chi connectivity index (χ3v) is 3.43. The Kier molecular flexibility index (Phi) is 6.18. The first kappa shape index (κ1) is 17.0. The molecule has 0 radical (unpaired) electrons. The summed E-state index contributed by atoms with van der Waals surface area (Å²) in [5.41, 5.74) is 4.37. The number of amides is 1. The molecule has 0 heterocycles. The minimum atomic E-state index is -0.472. The summed E-state index contributed by atoms with van der Waals surface area (Å²) in [6, 6.07) is 16.0. The van der Waals surface area contributed by atoms with Gasteiger partial charge < -0.3 is 4.74 Å². The molecule has 0 N–H and O–H groups in total. The van der Waals surface area contributed by atoms with Gasteiger partial charge in [0.2, 0.25) is 0 Å². The molecule has 0 atom stereocenters. The van der Waals surface area contributed by atoms with Gasteiger partial charge in [0.05, 0.1) is 13.2 Å². The molecule has 0 aliphatic rings. The van der Waals surface area contributed by atoms with Gasteiger partial charge in [0.25, 0.3) is 0 Å². The molecule has 4 heteroatoms. The molecule has 0 aliphatic heterocycles. The molecule has 0 bridgehead atoms. The fraction of sp³-hybridized carbons (Fsp3) is 0.316. The molecular weight excluding hydrogens is 290 g/mol. The monoisotopic (exact) mass is 313 g/mol. The Labute approximate surface area is 137 Å². The van der Waals surface area contributed by atoms with Crippen molar-refractivity contribution in [1.82, 2.24) is 5.06 Å². The lowest BCUT2D eigenvalue weighted by Crippen LogP contribution is -2.31. The Bertz CT molecular complexity index is 620. The highest BCUT2D eigenvalue weighted by molar-refractivity contribution is 5.66. The van der Waals surface area contributed by atoms with E-state index in [1.807, 2.05) is 62.4 Å². The first-order chi connectivity index (χ1) is 11.1. The maximum Gasteiger partial charge on any atom is 0.434 e. The van der Waals surface area contributed by atoms with Crippen LogP contribution in [0.2, 0.25) is 0 Å². The minimum absolute atomic E-state index is 0.317. The lowest BCUT2D eigenvalue weighted by molar-refractivity contribution is -0.152. The maximum absolute atomic E-state index is 12.1. The summed E-state index contributed by atoms with van der Waals surface area (Å²) in [5.74, 6) is 0. The molecule has 0 aliphatic carbocycles. The van der Waals surface area contributed by atoms with Crippen LogP contribution in [0.5, 0.6) is 0 Å². The Balaban J connectivity index is 2.02. The largest absolute Gasteiger partial charge is 0.448 e. The SMILES string of the molecule is CCOC(=O)N(Cc1ccc(C)cc1)OCc1ccc(C)cc1. The Morgan fingerprint density at radius 1 is 0.913 bits per heavy atom. The highest BCUT2D eigenvalue weighted by Gasteiger charge is 2.16. The first-order valence-electron chi connectivity index (χ1n) is 7.76. The number of hydrogen-bond acceptors (Lipinski definition) is 3. The van der Waals surface area contributed by atoms with Crippen molar-refractivity contribution in [3.8, 4) is 0 Å². The van der Waals surface area contributed by atoms with E-state index in [-0.39, 0.29) is 0 Å². The van der Waals surface area contributed by atoms with Crippen LogP contribution in [-0.2, 0) is 22.7 Å². The van der Waals surface area contributed by atoms with E-state index in [1.54, 1.807) is 6.92 Å². The number of carbonyl (C=O) groups excluding carboxylic acids is 1. The number of carbonyl (C=O) groups is 1. The summed E-state index contributed by atoms with van der Waals surface area (Å²) in [5, 5.41) is 1.27. The zero-order valence-electron chi connectivity index (χ0n) is 13.9. The maximum atomic E-state index is 12.1. The van der Waals surface area contributed by atoms with Gasteiger partial charge in [-0.2, -0.15) is 5.06 Å². The molecule has 0 saturated heterocycles. The molecule has 0 aromatic heterocycles. The van der Waals surface area contributed by atoms with Crippen LogP contribution < -0.4 is 0 Å². The molecular formula is C19H23NO3. The van der Waals surface area contributed by atoms with Crippen LogP contribution in [0, 0.1) is 13.8 Å². The van der Waals surface area contributed by atoms with Gasteiger partial charge in [0.15, 0.2) is 0 Å². The predicted octanol–water partition coefficient (Wildman–Crippen LogP) is 4.39. The van der Waals surface area contributed by atoms with Crippen LogP contribution in [0.1, 0.15) is 29.2 Å². The van der Waals surface area contributed by atoms with E-state index >= 15 is 0 Å². The second kappa shape index (κ2) is 8.34. The van der Waals surface area contributed by atoms with Crippen LogP contribution >= 0.6 is 0 Å². The van der Waals surface area contributed by atoms with Crippen LogP contribution in [0.15, 0.2) is 48.5 Å². The van der Waals surface area contributed by atoms with Crippen molar-refractivity contribution in [3.63, 3.8) is 0 Å². The second-order valence-electron chi connectivity index (χ2n) is 5.48. The number of rotatable bonds is 6. The Morgan fingerprint density at radius 2 is 1.43 bits per heavy atom. The number of hydroxylamine groups is 2. The number of benzene rings is 2. The molecule has 0 fully saturated rings. The standard InChI is InChI=1S/C19H23NO3/c1-4-22-19(21)20(13-17-9-5-15(2)6-10-17)23-14-18-11-7-16(3)8-12-18/h5-12H,4,13-14H2,1-3H3. The van der Waals surface area contributed by atoms with E-state index < -0.39 is 6.09 Å². The van der Waals surface area contributed by atoms with Crippen LogP contribution in [0.3, 0.4) is 0 Å². The van der Waals surface area contributed by atoms with Crippen molar-refractivity contribution in [2.75, 3.05) is 6.61 Å². The fourth-order valence-corrected chi connectivity index (χ4v) is 2.05. The Hall–Kier alpha value is -2.33. The number of aryl methyl sites for hydroxylation is 2. The van der Waals surface area contributed by atoms with Crippen LogP contribution in [-0.4, -0.2) is 17.8 Å². The average Bonchev–Trinajstić information content (AvgIpc) is 2.55. The lowest BCUT2D eigenvalue weighted by atomic mass is 10.1. The van der Waals surface area contributed by atoms with Gasteiger partial charge in [0.1, 0.15) is 6.61 Å². The van der Waals surface area contributed by atoms with Crippen LogP contribution in [0.25, 0.3) is 0 Å². The second-order valence-corrected chi connectivity index (χ2v) is 5.48.